The molecule has 0 aliphatic heterocycles. The number of hydrogen-bond acceptors (Lipinski definition) is 3. The molecule has 30 heavy (non-hydrogen) atoms. The Hall–Kier alpha value is -0.830. The van der Waals surface area contributed by atoms with Gasteiger partial charge in [-0.2, -0.15) is 0 Å². The van der Waals surface area contributed by atoms with Gasteiger partial charge in [0.05, 0.1) is 11.8 Å². The summed E-state index contributed by atoms with van der Waals surface area (Å²) in [5, 5.41) is 24.1. The van der Waals surface area contributed by atoms with Crippen LogP contribution in [0.25, 0.3) is 0 Å². The molecule has 0 amide bonds. The Morgan fingerprint density at radius 1 is 1.07 bits per heavy atom. The number of rotatable bonds is 5. The third-order valence-corrected chi connectivity index (χ3v) is 10.3. The van der Waals surface area contributed by atoms with Crippen molar-refractivity contribution < 1.29 is 10.3 Å². The second-order valence-electron chi connectivity index (χ2n) is 12.3. The van der Waals surface area contributed by atoms with Crippen molar-refractivity contribution in [3.05, 3.63) is 11.6 Å². The van der Waals surface area contributed by atoms with E-state index in [1.54, 1.807) is 0 Å². The van der Waals surface area contributed by atoms with Crippen LogP contribution in [0.4, 0.5) is 0 Å². The van der Waals surface area contributed by atoms with E-state index in [4.69, 9.17) is 0 Å². The van der Waals surface area contributed by atoms with E-state index in [9.17, 15) is 10.3 Å². The van der Waals surface area contributed by atoms with Crippen molar-refractivity contribution in [1.82, 2.24) is 0 Å². The number of oxime groups is 1. The molecule has 3 saturated carbocycles. The lowest BCUT2D eigenvalue weighted by Gasteiger charge is -2.60. The standard InChI is InChI=1S/C27H45NO2/c1-17(2)7-6-8-18(3)21-9-10-22-25-23(12-14-27(21,22)5)26(4)13-11-20(28-30)15-19(26)16-24(25)29/h15,17-18,21-25,29-30H,6-14,16H2,1-5H3/t18-,21-,22+,23+,24-,25+,26+,27-/m1/s1. The quantitative estimate of drug-likeness (QED) is 0.382. The predicted molar refractivity (Wildman–Crippen MR) is 124 cm³/mol. The summed E-state index contributed by atoms with van der Waals surface area (Å²) in [5.41, 5.74) is 2.73. The molecule has 0 unspecified atom stereocenters. The molecule has 3 fully saturated rings. The molecule has 4 rings (SSSR count). The number of allylic oxidation sites excluding steroid dienone is 1. The number of aliphatic hydroxyl groups is 1. The molecular formula is C27H45NO2. The number of fused-ring (bicyclic) bond motifs is 5. The van der Waals surface area contributed by atoms with E-state index in [0.717, 1.165) is 42.7 Å². The van der Waals surface area contributed by atoms with Crippen molar-refractivity contribution in [2.24, 2.45) is 51.5 Å². The summed E-state index contributed by atoms with van der Waals surface area (Å²) >= 11 is 0. The van der Waals surface area contributed by atoms with Gasteiger partial charge in [0.15, 0.2) is 0 Å². The second-order valence-corrected chi connectivity index (χ2v) is 12.3. The number of hydrogen-bond donors (Lipinski definition) is 2. The molecule has 8 atom stereocenters. The Bertz CT molecular complexity index is 697. The van der Waals surface area contributed by atoms with Gasteiger partial charge in [-0.25, -0.2) is 0 Å². The molecule has 0 aromatic heterocycles. The monoisotopic (exact) mass is 415 g/mol. The van der Waals surface area contributed by atoms with E-state index in [2.05, 4.69) is 45.9 Å². The summed E-state index contributed by atoms with van der Waals surface area (Å²) in [7, 11) is 0. The van der Waals surface area contributed by atoms with Crippen LogP contribution in [-0.4, -0.2) is 22.1 Å². The van der Waals surface area contributed by atoms with Crippen LogP contribution in [0.3, 0.4) is 0 Å². The van der Waals surface area contributed by atoms with E-state index < -0.39 is 0 Å². The lowest BCUT2D eigenvalue weighted by atomic mass is 9.45. The first-order valence-corrected chi connectivity index (χ1v) is 12.8. The fourth-order valence-electron chi connectivity index (χ4n) is 8.64. The molecule has 0 radical (unpaired) electrons. The van der Waals surface area contributed by atoms with Crippen molar-refractivity contribution in [3.63, 3.8) is 0 Å². The Morgan fingerprint density at radius 3 is 2.53 bits per heavy atom. The second kappa shape index (κ2) is 8.26. The van der Waals surface area contributed by atoms with Crippen LogP contribution in [0.15, 0.2) is 16.8 Å². The minimum absolute atomic E-state index is 0.181. The van der Waals surface area contributed by atoms with Gasteiger partial charge in [0.1, 0.15) is 0 Å². The third-order valence-electron chi connectivity index (χ3n) is 10.3. The maximum atomic E-state index is 11.4. The normalized spacial score (nSPS) is 45.6. The van der Waals surface area contributed by atoms with Gasteiger partial charge < -0.3 is 10.3 Å². The van der Waals surface area contributed by atoms with Gasteiger partial charge in [0.2, 0.25) is 0 Å². The Morgan fingerprint density at radius 2 is 1.83 bits per heavy atom. The van der Waals surface area contributed by atoms with Crippen molar-refractivity contribution >= 4 is 5.71 Å². The van der Waals surface area contributed by atoms with Gasteiger partial charge in [-0.15, -0.1) is 0 Å². The van der Waals surface area contributed by atoms with Crippen LogP contribution >= 0.6 is 0 Å². The molecule has 4 aliphatic rings. The van der Waals surface area contributed by atoms with Crippen LogP contribution in [0, 0.1) is 46.3 Å². The first kappa shape index (κ1) is 22.4. The van der Waals surface area contributed by atoms with Crippen LogP contribution < -0.4 is 0 Å². The molecule has 0 saturated heterocycles. The highest BCUT2D eigenvalue weighted by Crippen LogP contribution is 2.67. The molecule has 3 nitrogen and oxygen atoms in total. The summed E-state index contributed by atoms with van der Waals surface area (Å²) in [5.74, 6) is 4.15. The molecule has 2 N–H and O–H groups in total. The fraction of sp³-hybridized carbons (Fsp3) is 0.889. The molecular weight excluding hydrogens is 370 g/mol. The fourth-order valence-corrected chi connectivity index (χ4v) is 8.64. The molecule has 0 spiro atoms. The lowest BCUT2D eigenvalue weighted by Crippen LogP contribution is -2.55. The first-order chi connectivity index (χ1) is 14.2. The highest BCUT2D eigenvalue weighted by Gasteiger charge is 2.61. The zero-order valence-corrected chi connectivity index (χ0v) is 20.0. The van der Waals surface area contributed by atoms with Gasteiger partial charge in [0, 0.05) is 0 Å². The molecule has 0 aromatic carbocycles. The maximum absolute atomic E-state index is 11.4. The highest BCUT2D eigenvalue weighted by atomic mass is 16.4. The largest absolute Gasteiger partial charge is 0.411 e. The van der Waals surface area contributed by atoms with E-state index >= 15 is 0 Å². The van der Waals surface area contributed by atoms with E-state index in [1.165, 1.54) is 50.5 Å². The molecule has 4 aliphatic carbocycles. The summed E-state index contributed by atoms with van der Waals surface area (Å²) in [6, 6.07) is 0. The SMILES string of the molecule is CC(C)CCC[C@@H](C)[C@H]1CC[C@H]2[C@@H]3[C@H](O)CC4=CC(=NO)CC[C@]4(C)[C@H]3CC[C@]12C. The third kappa shape index (κ3) is 3.57. The Kier molecular flexibility index (Phi) is 6.16. The predicted octanol–water partition coefficient (Wildman–Crippen LogP) is 6.83. The minimum Gasteiger partial charge on any atom is -0.411 e. The Balaban J connectivity index is 1.54. The van der Waals surface area contributed by atoms with Gasteiger partial charge in [-0.3, -0.25) is 0 Å². The first-order valence-electron chi connectivity index (χ1n) is 12.8. The number of nitrogens with zero attached hydrogens (tertiary/aromatic N) is 1. The number of aliphatic hydroxyl groups excluding tert-OH is 1. The van der Waals surface area contributed by atoms with Gasteiger partial charge in [-0.05, 0) is 97.4 Å². The molecule has 170 valence electrons. The smallest absolute Gasteiger partial charge is 0.0795 e. The average Bonchev–Trinajstić information content (AvgIpc) is 3.05. The van der Waals surface area contributed by atoms with Crippen LogP contribution in [0.5, 0.6) is 0 Å². The van der Waals surface area contributed by atoms with Crippen LogP contribution in [0.1, 0.15) is 98.8 Å². The van der Waals surface area contributed by atoms with Gasteiger partial charge in [0.25, 0.3) is 0 Å². The summed E-state index contributed by atoms with van der Waals surface area (Å²) < 4.78 is 0. The molecule has 3 heteroatoms. The summed E-state index contributed by atoms with van der Waals surface area (Å²) in [6.45, 7) is 12.2. The lowest BCUT2D eigenvalue weighted by molar-refractivity contribution is -0.111. The van der Waals surface area contributed by atoms with E-state index in [-0.39, 0.29) is 11.5 Å². The van der Waals surface area contributed by atoms with Crippen molar-refractivity contribution in [2.75, 3.05) is 0 Å². The zero-order chi connectivity index (χ0) is 21.7. The van der Waals surface area contributed by atoms with Crippen molar-refractivity contribution in [1.29, 1.82) is 0 Å². The highest BCUT2D eigenvalue weighted by molar-refractivity contribution is 5.96. The molecule has 0 bridgehead atoms. The van der Waals surface area contributed by atoms with E-state index in [0.29, 0.717) is 23.2 Å². The minimum atomic E-state index is -0.230. The molecule has 0 heterocycles. The average molecular weight is 416 g/mol. The summed E-state index contributed by atoms with van der Waals surface area (Å²) in [6.07, 6.45) is 13.9. The van der Waals surface area contributed by atoms with Crippen molar-refractivity contribution in [3.8, 4) is 0 Å². The van der Waals surface area contributed by atoms with Crippen LogP contribution in [0.2, 0.25) is 0 Å². The van der Waals surface area contributed by atoms with Gasteiger partial charge >= 0.3 is 0 Å². The molecule has 0 aromatic rings. The van der Waals surface area contributed by atoms with Crippen LogP contribution in [-0.2, 0) is 0 Å². The van der Waals surface area contributed by atoms with Crippen molar-refractivity contribution in [2.45, 2.75) is 105 Å². The summed E-state index contributed by atoms with van der Waals surface area (Å²) in [4.78, 5) is 0. The topological polar surface area (TPSA) is 52.8 Å². The van der Waals surface area contributed by atoms with E-state index in [1.807, 2.05) is 0 Å². The zero-order valence-electron chi connectivity index (χ0n) is 20.0. The maximum Gasteiger partial charge on any atom is 0.0795 e. The Labute approximate surface area is 184 Å². The van der Waals surface area contributed by atoms with Gasteiger partial charge in [-0.1, -0.05) is 64.6 Å².